The van der Waals surface area contributed by atoms with Gasteiger partial charge in [-0.3, -0.25) is 0 Å². The monoisotopic (exact) mass is 259 g/mol. The van der Waals surface area contributed by atoms with Crippen LogP contribution in [-0.2, 0) is 0 Å². The Morgan fingerprint density at radius 3 is 2.37 bits per heavy atom. The number of hydrogen-bond donors (Lipinski definition) is 1. The van der Waals surface area contributed by atoms with Gasteiger partial charge in [0.25, 0.3) is 0 Å². The van der Waals surface area contributed by atoms with Crippen LogP contribution in [0.2, 0.25) is 0 Å². The lowest BCUT2D eigenvalue weighted by Crippen LogP contribution is -1.92. The molecule has 19 heavy (non-hydrogen) atoms. The number of ether oxygens (including phenoxy) is 1. The lowest BCUT2D eigenvalue weighted by atomic mass is 9.99. The van der Waals surface area contributed by atoms with E-state index in [1.807, 2.05) is 24.3 Å². The molecule has 1 unspecified atom stereocenters. The predicted molar refractivity (Wildman–Crippen MR) is 76.0 cm³/mol. The first kappa shape index (κ1) is 13.4. The molecule has 0 aromatic heterocycles. The highest BCUT2D eigenvalue weighted by Crippen LogP contribution is 2.26. The fourth-order valence-corrected chi connectivity index (χ4v) is 1.88. The van der Waals surface area contributed by atoms with E-state index in [-0.39, 0.29) is 0 Å². The second kappa shape index (κ2) is 5.74. The summed E-state index contributed by atoms with van der Waals surface area (Å²) in [7, 11) is 0. The Morgan fingerprint density at radius 1 is 1.11 bits per heavy atom. The maximum absolute atomic E-state index is 13.2. The number of benzene rings is 2. The zero-order valence-corrected chi connectivity index (χ0v) is 11.2. The summed E-state index contributed by atoms with van der Waals surface area (Å²) < 4.78 is 18.8. The molecule has 0 saturated carbocycles. The van der Waals surface area contributed by atoms with Crippen molar-refractivity contribution in [3.63, 3.8) is 0 Å². The van der Waals surface area contributed by atoms with Crippen molar-refractivity contribution >= 4 is 5.69 Å². The average Bonchev–Trinajstić information content (AvgIpc) is 2.37. The minimum Gasteiger partial charge on any atom is -0.457 e. The lowest BCUT2D eigenvalue weighted by molar-refractivity contribution is 0.477. The Hall–Kier alpha value is -2.03. The van der Waals surface area contributed by atoms with Crippen molar-refractivity contribution in [3.05, 3.63) is 53.8 Å². The van der Waals surface area contributed by atoms with Crippen molar-refractivity contribution < 1.29 is 9.13 Å². The zero-order valence-electron chi connectivity index (χ0n) is 11.2. The standard InChI is InChI=1S/C16H18FNO/c1-3-11(2)12-4-6-15(7-5-12)19-16-9-13(17)8-14(18)10-16/h4-11H,3,18H2,1-2H3. The second-order valence-corrected chi connectivity index (χ2v) is 4.70. The van der Waals surface area contributed by atoms with Crippen molar-refractivity contribution in [2.24, 2.45) is 0 Å². The van der Waals surface area contributed by atoms with E-state index in [2.05, 4.69) is 13.8 Å². The van der Waals surface area contributed by atoms with Gasteiger partial charge in [-0.1, -0.05) is 26.0 Å². The smallest absolute Gasteiger partial charge is 0.132 e. The SMILES string of the molecule is CCC(C)c1ccc(Oc2cc(N)cc(F)c2)cc1. The van der Waals surface area contributed by atoms with Gasteiger partial charge in [-0.25, -0.2) is 4.39 Å². The van der Waals surface area contributed by atoms with Crippen LogP contribution in [0.3, 0.4) is 0 Å². The van der Waals surface area contributed by atoms with Gasteiger partial charge in [-0.05, 0) is 36.1 Å². The molecule has 0 aliphatic carbocycles. The third-order valence-corrected chi connectivity index (χ3v) is 3.19. The van der Waals surface area contributed by atoms with Crippen LogP contribution >= 0.6 is 0 Å². The lowest BCUT2D eigenvalue weighted by Gasteiger charge is -2.11. The Balaban J connectivity index is 2.15. The number of nitrogen functional groups attached to an aromatic ring is 1. The third kappa shape index (κ3) is 3.47. The normalized spacial score (nSPS) is 12.2. The summed E-state index contributed by atoms with van der Waals surface area (Å²) >= 11 is 0. The maximum atomic E-state index is 13.2. The van der Waals surface area contributed by atoms with Crippen molar-refractivity contribution in [2.75, 3.05) is 5.73 Å². The first-order chi connectivity index (χ1) is 9.08. The Bertz CT molecular complexity index is 531. The topological polar surface area (TPSA) is 35.2 Å². The van der Waals surface area contributed by atoms with Crippen LogP contribution in [0, 0.1) is 5.82 Å². The van der Waals surface area contributed by atoms with Crippen LogP contribution in [0.1, 0.15) is 31.7 Å². The van der Waals surface area contributed by atoms with E-state index in [9.17, 15) is 4.39 Å². The summed E-state index contributed by atoms with van der Waals surface area (Å²) in [6.45, 7) is 4.34. The van der Waals surface area contributed by atoms with E-state index in [4.69, 9.17) is 10.5 Å². The Morgan fingerprint density at radius 2 is 1.79 bits per heavy atom. The summed E-state index contributed by atoms with van der Waals surface area (Å²) in [4.78, 5) is 0. The summed E-state index contributed by atoms with van der Waals surface area (Å²) in [5.74, 6) is 1.22. The second-order valence-electron chi connectivity index (χ2n) is 4.70. The molecule has 0 heterocycles. The molecule has 0 amide bonds. The molecule has 3 heteroatoms. The molecule has 2 N–H and O–H groups in total. The molecule has 2 aromatic carbocycles. The van der Waals surface area contributed by atoms with Gasteiger partial charge in [-0.2, -0.15) is 0 Å². The molecule has 0 fully saturated rings. The van der Waals surface area contributed by atoms with Gasteiger partial charge in [0.2, 0.25) is 0 Å². The van der Waals surface area contributed by atoms with Crippen LogP contribution < -0.4 is 10.5 Å². The molecule has 0 aliphatic heterocycles. The molecule has 0 saturated heterocycles. The summed E-state index contributed by atoms with van der Waals surface area (Å²) in [6.07, 6.45) is 1.10. The molecule has 100 valence electrons. The third-order valence-electron chi connectivity index (χ3n) is 3.19. The number of hydrogen-bond acceptors (Lipinski definition) is 2. The summed E-state index contributed by atoms with van der Waals surface area (Å²) in [5, 5.41) is 0. The highest BCUT2D eigenvalue weighted by Gasteiger charge is 2.04. The van der Waals surface area contributed by atoms with E-state index < -0.39 is 5.82 Å². The maximum Gasteiger partial charge on any atom is 0.132 e. The highest BCUT2D eigenvalue weighted by molar-refractivity contribution is 5.46. The molecule has 0 radical (unpaired) electrons. The Labute approximate surface area is 113 Å². The van der Waals surface area contributed by atoms with E-state index in [0.29, 0.717) is 23.1 Å². The fraction of sp³-hybridized carbons (Fsp3) is 0.250. The Kier molecular flexibility index (Phi) is 4.05. The van der Waals surface area contributed by atoms with E-state index in [1.165, 1.54) is 17.7 Å². The minimum atomic E-state index is -0.397. The van der Waals surface area contributed by atoms with Crippen molar-refractivity contribution in [2.45, 2.75) is 26.2 Å². The molecular formula is C16H18FNO. The minimum absolute atomic E-state index is 0.353. The zero-order chi connectivity index (χ0) is 13.8. The van der Waals surface area contributed by atoms with Crippen LogP contribution in [-0.4, -0.2) is 0 Å². The molecule has 0 bridgehead atoms. The van der Waals surface area contributed by atoms with Gasteiger partial charge >= 0.3 is 0 Å². The first-order valence-electron chi connectivity index (χ1n) is 6.42. The van der Waals surface area contributed by atoms with Crippen LogP contribution in [0.15, 0.2) is 42.5 Å². The van der Waals surface area contributed by atoms with Crippen LogP contribution in [0.25, 0.3) is 0 Å². The van der Waals surface area contributed by atoms with Gasteiger partial charge in [0.05, 0.1) is 0 Å². The van der Waals surface area contributed by atoms with E-state index in [0.717, 1.165) is 6.42 Å². The quantitative estimate of drug-likeness (QED) is 0.807. The number of nitrogens with two attached hydrogens (primary N) is 1. The molecule has 2 rings (SSSR count). The van der Waals surface area contributed by atoms with Crippen LogP contribution in [0.4, 0.5) is 10.1 Å². The molecular weight excluding hydrogens is 241 g/mol. The van der Waals surface area contributed by atoms with Crippen molar-refractivity contribution in [1.29, 1.82) is 0 Å². The van der Waals surface area contributed by atoms with Gasteiger partial charge in [-0.15, -0.1) is 0 Å². The molecule has 0 aliphatic rings. The largest absolute Gasteiger partial charge is 0.457 e. The van der Waals surface area contributed by atoms with E-state index in [1.54, 1.807) is 6.07 Å². The molecule has 0 spiro atoms. The van der Waals surface area contributed by atoms with Crippen molar-refractivity contribution in [1.82, 2.24) is 0 Å². The average molecular weight is 259 g/mol. The summed E-state index contributed by atoms with van der Waals surface area (Å²) in [5.41, 5.74) is 7.20. The molecule has 1 atom stereocenters. The van der Waals surface area contributed by atoms with Crippen molar-refractivity contribution in [3.8, 4) is 11.5 Å². The van der Waals surface area contributed by atoms with Gasteiger partial charge in [0, 0.05) is 17.8 Å². The first-order valence-corrected chi connectivity index (χ1v) is 6.42. The van der Waals surface area contributed by atoms with Crippen LogP contribution in [0.5, 0.6) is 11.5 Å². The van der Waals surface area contributed by atoms with Gasteiger partial charge in [0.15, 0.2) is 0 Å². The number of rotatable bonds is 4. The highest BCUT2D eigenvalue weighted by atomic mass is 19.1. The number of anilines is 1. The number of halogens is 1. The summed E-state index contributed by atoms with van der Waals surface area (Å²) in [6, 6.07) is 12.0. The van der Waals surface area contributed by atoms with E-state index >= 15 is 0 Å². The predicted octanol–water partition coefficient (Wildman–Crippen LogP) is 4.71. The van der Waals surface area contributed by atoms with Gasteiger partial charge < -0.3 is 10.5 Å². The fourth-order valence-electron chi connectivity index (χ4n) is 1.88. The molecule has 2 nitrogen and oxygen atoms in total. The molecule has 2 aromatic rings. The van der Waals surface area contributed by atoms with Gasteiger partial charge in [0.1, 0.15) is 17.3 Å².